The first-order valence-electron chi connectivity index (χ1n) is 3.18. The van der Waals surface area contributed by atoms with Gasteiger partial charge in [0.2, 0.25) is 5.39 Å². The van der Waals surface area contributed by atoms with Crippen molar-refractivity contribution in [2.45, 2.75) is 13.8 Å². The van der Waals surface area contributed by atoms with Crippen molar-refractivity contribution >= 4 is 7.60 Å². The largest absolute Gasteiger partial charge is 0.506 e. The van der Waals surface area contributed by atoms with Crippen LogP contribution in [0.3, 0.4) is 0 Å². The molecule has 1 atom stereocenters. The molecule has 0 heterocycles. The molecule has 0 saturated heterocycles. The van der Waals surface area contributed by atoms with Gasteiger partial charge in [-0.05, 0) is 6.92 Å². The Bertz CT molecular complexity index is 276. The van der Waals surface area contributed by atoms with Gasteiger partial charge < -0.3 is 14.5 Å². The SMILES string of the molecule is CCOP(=O)(O)/C([N+]#N)=C(/C)O. The molecule has 0 aromatic rings. The summed E-state index contributed by atoms with van der Waals surface area (Å²) in [7, 11) is -4.15. The van der Waals surface area contributed by atoms with Gasteiger partial charge in [-0.15, -0.1) is 0 Å². The molecule has 0 radical (unpaired) electrons. The number of rotatable bonds is 3. The number of allylic oxidation sites excluding steroid dienone is 1. The lowest BCUT2D eigenvalue weighted by molar-refractivity contribution is 0.278. The highest BCUT2D eigenvalue weighted by atomic mass is 31.2. The minimum atomic E-state index is -4.15. The molecule has 0 saturated carbocycles. The van der Waals surface area contributed by atoms with Crippen molar-refractivity contribution in [3.63, 3.8) is 0 Å². The number of nitrogens with zero attached hydrogens (tertiary/aromatic N) is 2. The number of hydrogen-bond donors (Lipinski definition) is 2. The molecule has 0 amide bonds. The number of aliphatic hydroxyl groups is 1. The van der Waals surface area contributed by atoms with Crippen molar-refractivity contribution < 1.29 is 19.1 Å². The van der Waals surface area contributed by atoms with Crippen molar-refractivity contribution in [3.8, 4) is 0 Å². The fourth-order valence-corrected chi connectivity index (χ4v) is 1.56. The van der Waals surface area contributed by atoms with Gasteiger partial charge in [0.1, 0.15) is 0 Å². The number of diazo groups is 1. The van der Waals surface area contributed by atoms with E-state index in [4.69, 9.17) is 15.4 Å². The second-order valence-corrected chi connectivity index (χ2v) is 3.67. The molecule has 0 aliphatic rings. The summed E-state index contributed by atoms with van der Waals surface area (Å²) in [4.78, 5) is 11.5. The Morgan fingerprint density at radius 3 is 2.50 bits per heavy atom. The van der Waals surface area contributed by atoms with E-state index in [2.05, 4.69) is 9.50 Å². The lowest BCUT2D eigenvalue weighted by atomic mass is 10.6. The first kappa shape index (κ1) is 11.1. The Labute approximate surface area is 69.6 Å². The van der Waals surface area contributed by atoms with Gasteiger partial charge in [0.15, 0.2) is 10.7 Å². The van der Waals surface area contributed by atoms with Gasteiger partial charge in [-0.3, -0.25) is 0 Å². The van der Waals surface area contributed by atoms with Crippen LogP contribution in [0.15, 0.2) is 11.2 Å². The fourth-order valence-electron chi connectivity index (χ4n) is 0.569. The topological polar surface area (TPSA) is 94.9 Å². The highest BCUT2D eigenvalue weighted by molar-refractivity contribution is 7.57. The summed E-state index contributed by atoms with van der Waals surface area (Å²) < 4.78 is 15.4. The van der Waals surface area contributed by atoms with E-state index >= 15 is 0 Å². The smallest absolute Gasteiger partial charge is 0.505 e. The molecule has 68 valence electrons. The maximum Gasteiger partial charge on any atom is 0.506 e. The summed E-state index contributed by atoms with van der Waals surface area (Å²) in [5.41, 5.74) is -0.732. The highest BCUT2D eigenvalue weighted by Crippen LogP contribution is 2.52. The van der Waals surface area contributed by atoms with Gasteiger partial charge in [-0.1, -0.05) is 0 Å². The number of aliphatic hydroxyl groups excluding tert-OH is 1. The molecule has 2 N–H and O–H groups in total. The minimum Gasteiger partial charge on any atom is -0.505 e. The van der Waals surface area contributed by atoms with E-state index in [-0.39, 0.29) is 6.61 Å². The maximum absolute atomic E-state index is 11.0. The summed E-state index contributed by atoms with van der Waals surface area (Å²) in [5.74, 6) is -0.545. The second-order valence-electron chi connectivity index (χ2n) is 1.95. The Balaban J connectivity index is 4.91. The zero-order chi connectivity index (χ0) is 9.78. The van der Waals surface area contributed by atoms with Crippen molar-refractivity contribution in [1.29, 1.82) is 5.39 Å². The molecule has 12 heavy (non-hydrogen) atoms. The fraction of sp³-hybridized carbons (Fsp3) is 0.600. The normalized spacial score (nSPS) is 17.5. The van der Waals surface area contributed by atoms with Crippen LogP contribution in [0.2, 0.25) is 0 Å². The van der Waals surface area contributed by atoms with E-state index < -0.39 is 18.8 Å². The first-order chi connectivity index (χ1) is 5.45. The molecule has 0 aromatic carbocycles. The van der Waals surface area contributed by atoms with Crippen LogP contribution < -0.4 is 0 Å². The molecular weight excluding hydrogens is 183 g/mol. The predicted molar refractivity (Wildman–Crippen MR) is 41.9 cm³/mol. The standard InChI is InChI=1S/C5H9N2O4P/c1-3-11-12(9,10)5(7-6)4(2)8/h3H2,1-2H3,(H-,8,9,10)/p+1. The molecule has 0 aliphatic carbocycles. The molecule has 7 heteroatoms. The van der Waals surface area contributed by atoms with Gasteiger partial charge >= 0.3 is 13.0 Å². The Morgan fingerprint density at radius 1 is 1.75 bits per heavy atom. The third kappa shape index (κ3) is 2.62. The average molecular weight is 193 g/mol. The number of hydrogen-bond acceptors (Lipinski definition) is 4. The van der Waals surface area contributed by atoms with Crippen LogP contribution in [-0.2, 0) is 9.09 Å². The Hall–Kier alpha value is -0.890. The van der Waals surface area contributed by atoms with E-state index in [0.29, 0.717) is 0 Å². The molecule has 0 aliphatic heterocycles. The molecule has 6 nitrogen and oxygen atoms in total. The summed E-state index contributed by atoms with van der Waals surface area (Å²) in [6.07, 6.45) is 0. The van der Waals surface area contributed by atoms with E-state index in [1.807, 2.05) is 0 Å². The summed E-state index contributed by atoms with van der Waals surface area (Å²) in [5, 5.41) is 17.0. The quantitative estimate of drug-likeness (QED) is 0.404. The van der Waals surface area contributed by atoms with Crippen molar-refractivity contribution in [2.75, 3.05) is 6.61 Å². The van der Waals surface area contributed by atoms with Crippen LogP contribution in [-0.4, -0.2) is 16.6 Å². The monoisotopic (exact) mass is 193 g/mol. The summed E-state index contributed by atoms with van der Waals surface area (Å²) >= 11 is 0. The molecule has 0 rings (SSSR count). The van der Waals surface area contributed by atoms with E-state index in [1.165, 1.54) is 6.92 Å². The van der Waals surface area contributed by atoms with Gasteiger partial charge in [-0.25, -0.2) is 4.57 Å². The lowest BCUT2D eigenvalue weighted by Gasteiger charge is -2.01. The molecule has 0 spiro atoms. The van der Waals surface area contributed by atoms with E-state index in [9.17, 15) is 4.57 Å². The van der Waals surface area contributed by atoms with Crippen LogP contribution in [0.25, 0.3) is 4.98 Å². The molecule has 0 aromatic heterocycles. The van der Waals surface area contributed by atoms with E-state index in [1.54, 1.807) is 0 Å². The summed E-state index contributed by atoms with van der Waals surface area (Å²) in [6, 6.07) is 0. The van der Waals surface area contributed by atoms with Gasteiger partial charge in [0.25, 0.3) is 0 Å². The van der Waals surface area contributed by atoms with Crippen molar-refractivity contribution in [1.82, 2.24) is 0 Å². The third-order valence-electron chi connectivity index (χ3n) is 0.990. The molecule has 0 fully saturated rings. The van der Waals surface area contributed by atoms with Crippen LogP contribution in [0, 0.1) is 5.39 Å². The van der Waals surface area contributed by atoms with Crippen LogP contribution in [0.4, 0.5) is 0 Å². The maximum atomic E-state index is 11.0. The first-order valence-corrected chi connectivity index (χ1v) is 4.76. The second kappa shape index (κ2) is 4.21. The molecular formula is C5H10N2O4P+. The Morgan fingerprint density at radius 2 is 2.25 bits per heavy atom. The highest BCUT2D eigenvalue weighted by Gasteiger charge is 2.41. The predicted octanol–water partition coefficient (Wildman–Crippen LogP) is 1.81. The lowest BCUT2D eigenvalue weighted by Crippen LogP contribution is -1.92. The van der Waals surface area contributed by atoms with Gasteiger partial charge in [-0.2, -0.15) is 0 Å². The van der Waals surface area contributed by atoms with Crippen molar-refractivity contribution in [3.05, 3.63) is 16.2 Å². The van der Waals surface area contributed by atoms with Gasteiger partial charge in [0, 0.05) is 6.92 Å². The van der Waals surface area contributed by atoms with E-state index in [0.717, 1.165) is 6.92 Å². The zero-order valence-electron chi connectivity index (χ0n) is 6.76. The summed E-state index contributed by atoms with van der Waals surface area (Å²) in [6.45, 7) is 2.61. The van der Waals surface area contributed by atoms with Crippen LogP contribution in [0.1, 0.15) is 13.8 Å². The zero-order valence-corrected chi connectivity index (χ0v) is 7.65. The minimum absolute atomic E-state index is 0.0138. The van der Waals surface area contributed by atoms with Crippen molar-refractivity contribution in [2.24, 2.45) is 0 Å². The molecule has 1 unspecified atom stereocenters. The Kier molecular flexibility index (Phi) is 3.90. The average Bonchev–Trinajstić information content (AvgIpc) is 1.86. The molecule has 0 bridgehead atoms. The van der Waals surface area contributed by atoms with Gasteiger partial charge in [0.05, 0.1) is 6.61 Å². The third-order valence-corrected chi connectivity index (χ3v) is 2.55. The van der Waals surface area contributed by atoms with Crippen LogP contribution >= 0.6 is 7.60 Å². The van der Waals surface area contributed by atoms with Crippen LogP contribution in [0.5, 0.6) is 0 Å².